The van der Waals surface area contributed by atoms with Gasteiger partial charge in [-0.15, -0.1) is 0 Å². The fourth-order valence-electron chi connectivity index (χ4n) is 3.22. The molecule has 2 aromatic rings. The van der Waals surface area contributed by atoms with Crippen LogP contribution in [0.4, 0.5) is 5.95 Å². The lowest BCUT2D eigenvalue weighted by molar-refractivity contribution is -0.142. The van der Waals surface area contributed by atoms with Gasteiger partial charge in [0.15, 0.2) is 16.9 Å². The molecule has 1 aliphatic heterocycles. The van der Waals surface area contributed by atoms with Gasteiger partial charge in [-0.05, 0) is 6.92 Å². The van der Waals surface area contributed by atoms with E-state index >= 15 is 0 Å². The quantitative estimate of drug-likeness (QED) is 0.432. The minimum absolute atomic E-state index is 0.00201. The number of hydrogen-bond acceptors (Lipinski definition) is 9. The molecule has 4 atom stereocenters. The molecule has 0 spiro atoms. The molecule has 0 saturated carbocycles. The summed E-state index contributed by atoms with van der Waals surface area (Å²) < 4.78 is 7.09. The third kappa shape index (κ3) is 4.86. The number of aromatic amines is 1. The summed E-state index contributed by atoms with van der Waals surface area (Å²) in [6.07, 6.45) is -3.69. The largest absolute Gasteiger partial charge is 0.390 e. The van der Waals surface area contributed by atoms with Crippen LogP contribution in [0.15, 0.2) is 11.1 Å². The minimum atomic E-state index is -1.61. The highest BCUT2D eigenvalue weighted by atomic mass is 16.5. The fraction of sp³-hybridized carbons (Fsp3) is 0.579. The molecule has 168 valence electrons. The summed E-state index contributed by atoms with van der Waals surface area (Å²) >= 11 is 0. The van der Waals surface area contributed by atoms with Crippen LogP contribution in [0, 0.1) is 5.92 Å². The van der Waals surface area contributed by atoms with Crippen LogP contribution in [-0.4, -0.2) is 65.5 Å². The number of rotatable bonds is 8. The van der Waals surface area contributed by atoms with Gasteiger partial charge in [-0.1, -0.05) is 13.8 Å². The standard InChI is InChI=1S/C19H25N5O7/c1-8(2)17(29)22-19-21-16-13(18(30)23-19)20-7-24(16)12-6-11(27)15(31-12)14(28)10(26)5-4-9(3)25/h7-8,11-12,14-15,27-28H,4-6H2,1-3H3,(H2,21,22,23,29,30)/t11-,12+,14?,15-/m0/s1. The SMILES string of the molecule is CC(=O)CCC(=O)C(O)[C@H]1O[C@@H](n2cnc3c(=O)[nH]c(NC(=O)C(C)C)nc32)C[C@@H]1O. The van der Waals surface area contributed by atoms with Crippen LogP contribution >= 0.6 is 0 Å². The third-order valence-electron chi connectivity index (χ3n) is 5.01. The van der Waals surface area contributed by atoms with Crippen molar-refractivity contribution in [2.24, 2.45) is 5.92 Å². The Kier molecular flexibility index (Phi) is 6.62. The van der Waals surface area contributed by atoms with Crippen molar-refractivity contribution < 1.29 is 29.3 Å². The third-order valence-corrected chi connectivity index (χ3v) is 5.01. The van der Waals surface area contributed by atoms with Crippen molar-refractivity contribution in [2.75, 3.05) is 5.32 Å². The highest BCUT2D eigenvalue weighted by Gasteiger charge is 2.42. The number of aromatic nitrogens is 4. The normalized spacial score (nSPS) is 22.1. The van der Waals surface area contributed by atoms with E-state index in [1.54, 1.807) is 13.8 Å². The number of anilines is 1. The Morgan fingerprint density at radius 1 is 1.35 bits per heavy atom. The molecule has 1 unspecified atom stereocenters. The molecule has 12 nitrogen and oxygen atoms in total. The van der Waals surface area contributed by atoms with Gasteiger partial charge >= 0.3 is 0 Å². The molecule has 1 aliphatic rings. The van der Waals surface area contributed by atoms with E-state index in [1.165, 1.54) is 17.8 Å². The summed E-state index contributed by atoms with van der Waals surface area (Å²) in [5.41, 5.74) is -0.461. The first kappa shape index (κ1) is 22.7. The predicted octanol–water partition coefficient (Wildman–Crippen LogP) is -0.338. The number of aliphatic hydroxyl groups is 2. The number of carbonyl (C=O) groups excluding carboxylic acids is 3. The van der Waals surface area contributed by atoms with Gasteiger partial charge in [-0.2, -0.15) is 4.98 Å². The Morgan fingerprint density at radius 2 is 2.06 bits per heavy atom. The maximum atomic E-state index is 12.3. The molecule has 4 N–H and O–H groups in total. The van der Waals surface area contributed by atoms with Crippen molar-refractivity contribution in [1.29, 1.82) is 0 Å². The number of carbonyl (C=O) groups is 3. The topological polar surface area (TPSA) is 176 Å². The van der Waals surface area contributed by atoms with E-state index in [2.05, 4.69) is 20.3 Å². The number of hydrogen-bond donors (Lipinski definition) is 4. The summed E-state index contributed by atoms with van der Waals surface area (Å²) in [5.74, 6) is -1.53. The van der Waals surface area contributed by atoms with Gasteiger partial charge in [0.1, 0.15) is 24.2 Å². The highest BCUT2D eigenvalue weighted by molar-refractivity contribution is 5.91. The second kappa shape index (κ2) is 9.04. The summed E-state index contributed by atoms with van der Waals surface area (Å²) in [5, 5.41) is 23.1. The zero-order valence-electron chi connectivity index (χ0n) is 17.4. The van der Waals surface area contributed by atoms with E-state index in [4.69, 9.17) is 4.74 Å². The van der Waals surface area contributed by atoms with E-state index < -0.39 is 35.9 Å². The molecule has 3 heterocycles. The Labute approximate surface area is 176 Å². The average Bonchev–Trinajstić information content (AvgIpc) is 3.29. The van der Waals surface area contributed by atoms with Crippen LogP contribution in [0.25, 0.3) is 11.2 Å². The molecule has 1 fully saturated rings. The predicted molar refractivity (Wildman–Crippen MR) is 107 cm³/mol. The number of nitrogens with one attached hydrogen (secondary N) is 2. The summed E-state index contributed by atoms with van der Waals surface area (Å²) in [7, 11) is 0. The smallest absolute Gasteiger partial charge is 0.280 e. The summed E-state index contributed by atoms with van der Waals surface area (Å²) in [6.45, 7) is 4.72. The average molecular weight is 435 g/mol. The second-order valence-corrected chi connectivity index (χ2v) is 7.85. The van der Waals surface area contributed by atoms with E-state index in [9.17, 15) is 29.4 Å². The number of aliphatic hydroxyl groups excluding tert-OH is 2. The number of ether oxygens (including phenoxy) is 1. The fourth-order valence-corrected chi connectivity index (χ4v) is 3.22. The van der Waals surface area contributed by atoms with Gasteiger partial charge in [-0.25, -0.2) is 4.98 Å². The van der Waals surface area contributed by atoms with Gasteiger partial charge in [0.05, 0.1) is 12.4 Å². The van der Waals surface area contributed by atoms with Crippen molar-refractivity contribution in [3.8, 4) is 0 Å². The number of ketones is 2. The first-order chi connectivity index (χ1) is 14.6. The molecule has 12 heteroatoms. The lowest BCUT2D eigenvalue weighted by Crippen LogP contribution is -2.40. The van der Waals surface area contributed by atoms with Crippen LogP contribution < -0.4 is 10.9 Å². The van der Waals surface area contributed by atoms with Crippen molar-refractivity contribution in [3.05, 3.63) is 16.7 Å². The molecule has 0 bridgehead atoms. The van der Waals surface area contributed by atoms with Crippen LogP contribution in [0.5, 0.6) is 0 Å². The summed E-state index contributed by atoms with van der Waals surface area (Å²) in [6, 6.07) is 0. The molecular weight excluding hydrogens is 410 g/mol. The van der Waals surface area contributed by atoms with Gasteiger partial charge in [0, 0.05) is 25.2 Å². The number of imidazole rings is 1. The van der Waals surface area contributed by atoms with Crippen LogP contribution in [0.3, 0.4) is 0 Å². The maximum absolute atomic E-state index is 12.3. The lowest BCUT2D eigenvalue weighted by Gasteiger charge is -2.20. The monoisotopic (exact) mass is 435 g/mol. The minimum Gasteiger partial charge on any atom is -0.390 e. The van der Waals surface area contributed by atoms with Crippen LogP contribution in [0.2, 0.25) is 0 Å². The zero-order chi connectivity index (χ0) is 22.9. The van der Waals surface area contributed by atoms with Crippen LogP contribution in [-0.2, 0) is 19.1 Å². The van der Waals surface area contributed by atoms with E-state index in [0.717, 1.165) is 0 Å². The van der Waals surface area contributed by atoms with E-state index in [0.29, 0.717) is 0 Å². The summed E-state index contributed by atoms with van der Waals surface area (Å²) in [4.78, 5) is 58.1. The first-order valence-electron chi connectivity index (χ1n) is 9.90. The van der Waals surface area contributed by atoms with Crippen LogP contribution in [0.1, 0.15) is 46.3 Å². The highest BCUT2D eigenvalue weighted by Crippen LogP contribution is 2.32. The van der Waals surface area contributed by atoms with Gasteiger partial charge in [0.2, 0.25) is 11.9 Å². The van der Waals surface area contributed by atoms with Gasteiger partial charge in [0.25, 0.3) is 5.56 Å². The first-order valence-corrected chi connectivity index (χ1v) is 9.90. The Bertz CT molecular complexity index is 1060. The van der Waals surface area contributed by atoms with E-state index in [1.807, 2.05) is 0 Å². The van der Waals surface area contributed by atoms with Crippen molar-refractivity contribution >= 4 is 34.6 Å². The van der Waals surface area contributed by atoms with Gasteiger partial charge < -0.3 is 19.7 Å². The van der Waals surface area contributed by atoms with Crippen molar-refractivity contribution in [2.45, 2.75) is 64.6 Å². The number of fused-ring (bicyclic) bond motifs is 1. The molecular formula is C19H25N5O7. The van der Waals surface area contributed by atoms with E-state index in [-0.39, 0.29) is 54.0 Å². The zero-order valence-corrected chi connectivity index (χ0v) is 17.4. The number of Topliss-reactive ketones (excluding diaryl/α,β-unsaturated/α-hetero) is 2. The molecule has 1 saturated heterocycles. The number of nitrogens with zero attached hydrogens (tertiary/aromatic N) is 3. The molecule has 31 heavy (non-hydrogen) atoms. The molecule has 0 aliphatic carbocycles. The molecule has 0 radical (unpaired) electrons. The Morgan fingerprint density at radius 3 is 2.71 bits per heavy atom. The number of amides is 1. The maximum Gasteiger partial charge on any atom is 0.280 e. The molecule has 1 amide bonds. The number of H-pyrrole nitrogens is 1. The molecule has 2 aromatic heterocycles. The molecule has 3 rings (SSSR count). The lowest BCUT2D eigenvalue weighted by atomic mass is 10.0. The van der Waals surface area contributed by atoms with Crippen molar-refractivity contribution in [3.63, 3.8) is 0 Å². The van der Waals surface area contributed by atoms with Gasteiger partial charge in [-0.3, -0.25) is 29.3 Å². The van der Waals surface area contributed by atoms with Crippen molar-refractivity contribution in [1.82, 2.24) is 19.5 Å². The molecule has 0 aromatic carbocycles. The Hall–Kier alpha value is -2.96. The second-order valence-electron chi connectivity index (χ2n) is 7.85. The Balaban J connectivity index is 1.83.